The maximum absolute atomic E-state index is 11.4. The Bertz CT molecular complexity index is 289. The molecule has 0 aromatic rings. The minimum atomic E-state index is -0.188. The molecule has 0 unspecified atom stereocenters. The molecule has 2 atom stereocenters. The average molecular weight is 354 g/mol. The Kier molecular flexibility index (Phi) is 5.51. The molecule has 4 heteroatoms. The lowest BCUT2D eigenvalue weighted by atomic mass is 10.2. The monoisotopic (exact) mass is 352 g/mol. The van der Waals surface area contributed by atoms with Crippen LogP contribution in [0, 0.1) is 5.92 Å². The van der Waals surface area contributed by atoms with E-state index in [1.54, 1.807) is 0 Å². The lowest BCUT2D eigenvalue weighted by Crippen LogP contribution is -2.12. The Labute approximate surface area is 114 Å². The van der Waals surface area contributed by atoms with Crippen molar-refractivity contribution in [3.8, 4) is 0 Å². The van der Waals surface area contributed by atoms with Gasteiger partial charge in [-0.25, -0.2) is 0 Å². The number of hydrogen-bond donors (Lipinski definition) is 0. The molecule has 0 amide bonds. The van der Waals surface area contributed by atoms with Gasteiger partial charge in [-0.3, -0.25) is 4.79 Å². The molecule has 0 N–H and O–H groups in total. The Hall–Kier alpha value is 0.170. The molecule has 1 aliphatic rings. The number of esters is 1. The lowest BCUT2D eigenvalue weighted by molar-refractivity contribution is -0.142. The van der Waals surface area contributed by atoms with E-state index in [1.165, 1.54) is 26.4 Å². The fourth-order valence-electron chi connectivity index (χ4n) is 1.71. The number of ether oxygens (including phenoxy) is 1. The van der Waals surface area contributed by atoms with Crippen LogP contribution in [0.2, 0.25) is 0 Å². The van der Waals surface area contributed by atoms with E-state index in [1.807, 2.05) is 0 Å². The molecule has 2 nitrogen and oxygen atoms in total. The fraction of sp³-hybridized carbons (Fsp3) is 0.750. The summed E-state index contributed by atoms with van der Waals surface area (Å²) in [4.78, 5) is 11.4. The van der Waals surface area contributed by atoms with E-state index in [9.17, 15) is 4.79 Å². The van der Waals surface area contributed by atoms with E-state index in [-0.39, 0.29) is 16.2 Å². The summed E-state index contributed by atoms with van der Waals surface area (Å²) in [6.07, 6.45) is 7.76. The normalized spacial score (nSPS) is 29.0. The van der Waals surface area contributed by atoms with Crippen LogP contribution in [0.3, 0.4) is 0 Å². The first-order valence-corrected chi connectivity index (χ1v) is 7.27. The van der Waals surface area contributed by atoms with Crippen molar-refractivity contribution in [2.45, 2.75) is 43.4 Å². The Morgan fingerprint density at radius 1 is 1.56 bits per heavy atom. The van der Waals surface area contributed by atoms with Crippen LogP contribution >= 0.6 is 31.9 Å². The highest BCUT2D eigenvalue weighted by Crippen LogP contribution is 2.58. The van der Waals surface area contributed by atoms with Gasteiger partial charge in [-0.05, 0) is 19.3 Å². The highest BCUT2D eigenvalue weighted by molar-refractivity contribution is 9.14. The second kappa shape index (κ2) is 6.20. The largest absolute Gasteiger partial charge is 0.469 e. The van der Waals surface area contributed by atoms with E-state index in [2.05, 4.69) is 44.9 Å². The number of methoxy groups -OCH3 is 1. The first-order chi connectivity index (χ1) is 7.56. The summed E-state index contributed by atoms with van der Waals surface area (Å²) in [6, 6.07) is 0. The maximum Gasteiger partial charge on any atom is 0.310 e. The summed E-state index contributed by atoms with van der Waals surface area (Å²) in [7, 11) is 1.44. The van der Waals surface area contributed by atoms with Gasteiger partial charge in [0.05, 0.1) is 17.4 Å². The number of allylic oxidation sites excluding steroid dienone is 2. The third kappa shape index (κ3) is 3.33. The Balaban J connectivity index is 2.43. The van der Waals surface area contributed by atoms with Crippen molar-refractivity contribution in [2.24, 2.45) is 5.92 Å². The minimum Gasteiger partial charge on any atom is -0.469 e. The standard InChI is InChI=1S/C12H18Br2O2/c1-3-4-5-6-7-10(13)12(14)8-9(12)11(15)16-2/h7,9H,3-6,8H2,1-2H3/b10-7-/t9-,12+/m1/s1. The van der Waals surface area contributed by atoms with Crippen LogP contribution in [0.25, 0.3) is 0 Å². The van der Waals surface area contributed by atoms with E-state index >= 15 is 0 Å². The fourth-order valence-corrected chi connectivity index (χ4v) is 3.05. The number of carbonyl (C=O) groups excluding carboxylic acids is 1. The molecule has 0 aromatic carbocycles. The van der Waals surface area contributed by atoms with Crippen molar-refractivity contribution in [1.29, 1.82) is 0 Å². The van der Waals surface area contributed by atoms with Crippen molar-refractivity contribution in [1.82, 2.24) is 0 Å². The number of alkyl halides is 1. The highest BCUT2D eigenvalue weighted by atomic mass is 79.9. The van der Waals surface area contributed by atoms with Gasteiger partial charge >= 0.3 is 5.97 Å². The molecule has 0 bridgehead atoms. The summed E-state index contributed by atoms with van der Waals surface area (Å²) in [5.41, 5.74) is 0. The molecule has 0 aromatic heterocycles. The van der Waals surface area contributed by atoms with Crippen LogP contribution in [0.5, 0.6) is 0 Å². The third-order valence-electron chi connectivity index (χ3n) is 2.91. The zero-order valence-corrected chi connectivity index (χ0v) is 12.9. The molecule has 1 rings (SSSR count). The molecule has 0 aliphatic heterocycles. The van der Waals surface area contributed by atoms with E-state index in [0.29, 0.717) is 0 Å². The maximum atomic E-state index is 11.4. The lowest BCUT2D eigenvalue weighted by Gasteiger charge is -2.07. The van der Waals surface area contributed by atoms with Gasteiger partial charge in [-0.1, -0.05) is 57.7 Å². The van der Waals surface area contributed by atoms with Gasteiger partial charge in [0, 0.05) is 4.48 Å². The molecular formula is C12H18Br2O2. The summed E-state index contributed by atoms with van der Waals surface area (Å²) in [6.45, 7) is 2.19. The van der Waals surface area contributed by atoms with Gasteiger partial charge in [0.15, 0.2) is 0 Å². The topological polar surface area (TPSA) is 26.3 Å². The molecule has 0 spiro atoms. The van der Waals surface area contributed by atoms with Gasteiger partial charge in [0.2, 0.25) is 0 Å². The van der Waals surface area contributed by atoms with E-state index < -0.39 is 0 Å². The van der Waals surface area contributed by atoms with Crippen LogP contribution in [0.4, 0.5) is 0 Å². The molecule has 16 heavy (non-hydrogen) atoms. The quantitative estimate of drug-likeness (QED) is 0.407. The Morgan fingerprint density at radius 2 is 2.25 bits per heavy atom. The number of carbonyl (C=O) groups is 1. The molecule has 0 saturated heterocycles. The molecule has 1 aliphatic carbocycles. The number of hydrogen-bond acceptors (Lipinski definition) is 2. The Morgan fingerprint density at radius 3 is 2.81 bits per heavy atom. The second-order valence-corrected chi connectivity index (χ2v) is 6.46. The van der Waals surface area contributed by atoms with Crippen molar-refractivity contribution >= 4 is 37.8 Å². The van der Waals surface area contributed by atoms with Crippen molar-refractivity contribution < 1.29 is 9.53 Å². The average Bonchev–Trinajstić information content (AvgIpc) is 2.97. The third-order valence-corrected chi connectivity index (χ3v) is 5.77. The van der Waals surface area contributed by atoms with Gasteiger partial charge < -0.3 is 4.74 Å². The van der Waals surface area contributed by atoms with Gasteiger partial charge in [0.1, 0.15) is 0 Å². The van der Waals surface area contributed by atoms with Crippen LogP contribution in [0.1, 0.15) is 39.0 Å². The van der Waals surface area contributed by atoms with E-state index in [0.717, 1.165) is 17.3 Å². The van der Waals surface area contributed by atoms with Gasteiger partial charge in [0.25, 0.3) is 0 Å². The van der Waals surface area contributed by atoms with Crippen LogP contribution in [0.15, 0.2) is 10.6 Å². The zero-order valence-electron chi connectivity index (χ0n) is 9.76. The molecular weight excluding hydrogens is 336 g/mol. The smallest absolute Gasteiger partial charge is 0.310 e. The number of halogens is 2. The zero-order chi connectivity index (χ0) is 12.2. The predicted molar refractivity (Wildman–Crippen MR) is 72.9 cm³/mol. The molecule has 92 valence electrons. The predicted octanol–water partition coefficient (Wildman–Crippen LogP) is 4.17. The van der Waals surface area contributed by atoms with Crippen molar-refractivity contribution in [3.63, 3.8) is 0 Å². The molecule has 1 saturated carbocycles. The van der Waals surface area contributed by atoms with Gasteiger partial charge in [-0.2, -0.15) is 0 Å². The highest BCUT2D eigenvalue weighted by Gasteiger charge is 2.59. The molecule has 0 heterocycles. The van der Waals surface area contributed by atoms with Crippen LogP contribution in [-0.4, -0.2) is 17.4 Å². The summed E-state index contributed by atoms with van der Waals surface area (Å²) in [5, 5.41) is 0. The SMILES string of the molecule is CCCCC/C=C(\Br)[C@]1(Br)C[C@@H]1C(=O)OC. The van der Waals surface area contributed by atoms with Crippen molar-refractivity contribution in [3.05, 3.63) is 10.6 Å². The first-order valence-electron chi connectivity index (χ1n) is 5.69. The summed E-state index contributed by atoms with van der Waals surface area (Å²) in [5.74, 6) is -0.162. The summed E-state index contributed by atoms with van der Waals surface area (Å²) >= 11 is 7.17. The minimum absolute atomic E-state index is 0.0331. The molecule has 0 radical (unpaired) electrons. The number of rotatable bonds is 6. The number of unbranched alkanes of at least 4 members (excludes halogenated alkanes) is 3. The summed E-state index contributed by atoms with van der Waals surface area (Å²) < 4.78 is 5.65. The second-order valence-electron chi connectivity index (χ2n) is 4.19. The van der Waals surface area contributed by atoms with Crippen LogP contribution < -0.4 is 0 Å². The van der Waals surface area contributed by atoms with Crippen LogP contribution in [-0.2, 0) is 9.53 Å². The van der Waals surface area contributed by atoms with E-state index in [4.69, 9.17) is 4.74 Å². The van der Waals surface area contributed by atoms with Crippen molar-refractivity contribution in [2.75, 3.05) is 7.11 Å². The molecule has 1 fully saturated rings. The first kappa shape index (κ1) is 14.2. The van der Waals surface area contributed by atoms with Gasteiger partial charge in [-0.15, -0.1) is 0 Å².